The number of amides is 2. The van der Waals surface area contributed by atoms with E-state index in [0.717, 1.165) is 43.7 Å². The van der Waals surface area contributed by atoms with Crippen molar-refractivity contribution in [3.8, 4) is 0 Å². The second-order valence-corrected chi connectivity index (χ2v) is 6.76. The zero-order valence-corrected chi connectivity index (χ0v) is 14.5. The van der Waals surface area contributed by atoms with E-state index in [-0.39, 0.29) is 18.4 Å². The predicted molar refractivity (Wildman–Crippen MR) is 95.5 cm³/mol. The number of aryl methyl sites for hydroxylation is 1. The van der Waals surface area contributed by atoms with Crippen LogP contribution >= 0.6 is 11.8 Å². The average molecular weight is 335 g/mol. The molecule has 126 valence electrons. The highest BCUT2D eigenvalue weighted by Crippen LogP contribution is 2.26. The summed E-state index contributed by atoms with van der Waals surface area (Å²) < 4.78 is 0. The van der Waals surface area contributed by atoms with E-state index in [9.17, 15) is 9.59 Å². The Kier molecular flexibility index (Phi) is 7.26. The summed E-state index contributed by atoms with van der Waals surface area (Å²) in [7, 11) is 0. The van der Waals surface area contributed by atoms with Gasteiger partial charge in [-0.2, -0.15) is 11.8 Å². The van der Waals surface area contributed by atoms with Crippen molar-refractivity contribution in [2.24, 2.45) is 0 Å². The molecule has 1 aromatic carbocycles. The molecule has 1 aliphatic heterocycles. The molecule has 0 saturated carbocycles. The quantitative estimate of drug-likeness (QED) is 0.592. The van der Waals surface area contributed by atoms with E-state index >= 15 is 0 Å². The third-order valence-corrected chi connectivity index (χ3v) is 4.80. The first-order valence-corrected chi connectivity index (χ1v) is 9.34. The smallest absolute Gasteiger partial charge is 0.257 e. The first-order valence-electron chi connectivity index (χ1n) is 8.19. The van der Waals surface area contributed by atoms with Crippen molar-refractivity contribution < 1.29 is 9.59 Å². The lowest BCUT2D eigenvalue weighted by Gasteiger charge is -2.30. The molecule has 1 heterocycles. The summed E-state index contributed by atoms with van der Waals surface area (Å²) in [6, 6.07) is 8.17. The Balaban J connectivity index is 1.72. The SMILES string of the molecule is CCCCSCC(=O)NNC(=O)CN1CCCc2ccccc21. The van der Waals surface area contributed by atoms with Gasteiger partial charge < -0.3 is 4.90 Å². The molecule has 2 amide bonds. The minimum Gasteiger partial charge on any atom is -0.362 e. The largest absolute Gasteiger partial charge is 0.362 e. The number of benzene rings is 1. The van der Waals surface area contributed by atoms with Crippen molar-refractivity contribution in [3.05, 3.63) is 29.8 Å². The van der Waals surface area contributed by atoms with Crippen LogP contribution in [0.3, 0.4) is 0 Å². The molecule has 0 spiro atoms. The third-order valence-electron chi connectivity index (χ3n) is 3.76. The van der Waals surface area contributed by atoms with Gasteiger partial charge in [-0.05, 0) is 36.6 Å². The summed E-state index contributed by atoms with van der Waals surface area (Å²) in [4.78, 5) is 25.7. The molecule has 0 aliphatic carbocycles. The first kappa shape index (κ1) is 17.7. The number of para-hydroxylation sites is 1. The summed E-state index contributed by atoms with van der Waals surface area (Å²) in [5.74, 6) is 1.02. The van der Waals surface area contributed by atoms with Crippen LogP contribution in [0.5, 0.6) is 0 Å². The van der Waals surface area contributed by atoms with Crippen molar-refractivity contribution in [1.29, 1.82) is 0 Å². The second kappa shape index (κ2) is 9.45. The fourth-order valence-corrected chi connectivity index (χ4v) is 3.47. The van der Waals surface area contributed by atoms with E-state index in [0.29, 0.717) is 5.75 Å². The van der Waals surface area contributed by atoms with Gasteiger partial charge in [-0.3, -0.25) is 20.4 Å². The molecule has 0 aromatic heterocycles. The van der Waals surface area contributed by atoms with Gasteiger partial charge in [0.1, 0.15) is 0 Å². The lowest BCUT2D eigenvalue weighted by Crippen LogP contribution is -2.47. The van der Waals surface area contributed by atoms with Gasteiger partial charge in [-0.25, -0.2) is 0 Å². The van der Waals surface area contributed by atoms with Crippen molar-refractivity contribution in [3.63, 3.8) is 0 Å². The summed E-state index contributed by atoms with van der Waals surface area (Å²) in [5.41, 5.74) is 7.40. The number of thioether (sulfide) groups is 1. The van der Waals surface area contributed by atoms with Gasteiger partial charge >= 0.3 is 0 Å². The Bertz CT molecular complexity index is 536. The minimum absolute atomic E-state index is 0.154. The number of rotatable bonds is 7. The first-order chi connectivity index (χ1) is 11.2. The Morgan fingerprint density at radius 1 is 1.22 bits per heavy atom. The maximum Gasteiger partial charge on any atom is 0.257 e. The number of hydrazine groups is 1. The van der Waals surface area contributed by atoms with Gasteiger partial charge in [0.15, 0.2) is 0 Å². The Morgan fingerprint density at radius 2 is 2.00 bits per heavy atom. The summed E-state index contributed by atoms with van der Waals surface area (Å²) >= 11 is 1.59. The number of anilines is 1. The van der Waals surface area contributed by atoms with Crippen LogP contribution in [0.25, 0.3) is 0 Å². The molecule has 0 unspecified atom stereocenters. The molecule has 0 atom stereocenters. The Morgan fingerprint density at radius 3 is 2.83 bits per heavy atom. The zero-order chi connectivity index (χ0) is 16.5. The highest BCUT2D eigenvalue weighted by atomic mass is 32.2. The highest BCUT2D eigenvalue weighted by Gasteiger charge is 2.18. The zero-order valence-electron chi connectivity index (χ0n) is 13.6. The fraction of sp³-hybridized carbons (Fsp3) is 0.529. The molecule has 1 aliphatic rings. The van der Waals surface area contributed by atoms with E-state index in [1.807, 2.05) is 18.2 Å². The summed E-state index contributed by atoms with van der Waals surface area (Å²) in [6.45, 7) is 3.26. The predicted octanol–water partition coefficient (Wildman–Crippen LogP) is 2.12. The number of nitrogens with zero attached hydrogens (tertiary/aromatic N) is 1. The van der Waals surface area contributed by atoms with Crippen LogP contribution in [0.15, 0.2) is 24.3 Å². The molecular weight excluding hydrogens is 310 g/mol. The van der Waals surface area contributed by atoms with Gasteiger partial charge in [0, 0.05) is 12.2 Å². The van der Waals surface area contributed by atoms with Crippen molar-refractivity contribution in [2.75, 3.05) is 29.5 Å². The lowest BCUT2D eigenvalue weighted by molar-refractivity contribution is -0.126. The van der Waals surface area contributed by atoms with Gasteiger partial charge in [0.05, 0.1) is 12.3 Å². The average Bonchev–Trinajstić information content (AvgIpc) is 2.57. The van der Waals surface area contributed by atoms with E-state index < -0.39 is 0 Å². The topological polar surface area (TPSA) is 61.4 Å². The van der Waals surface area contributed by atoms with Gasteiger partial charge in [-0.1, -0.05) is 31.5 Å². The highest BCUT2D eigenvalue weighted by molar-refractivity contribution is 7.99. The summed E-state index contributed by atoms with van der Waals surface area (Å²) in [5, 5.41) is 0. The number of fused-ring (bicyclic) bond motifs is 1. The monoisotopic (exact) mass is 335 g/mol. The minimum atomic E-state index is -0.186. The molecule has 2 N–H and O–H groups in total. The third kappa shape index (κ3) is 5.78. The van der Waals surface area contributed by atoms with Crippen molar-refractivity contribution in [2.45, 2.75) is 32.6 Å². The molecule has 0 fully saturated rings. The van der Waals surface area contributed by atoms with Crippen LogP contribution in [0.1, 0.15) is 31.7 Å². The van der Waals surface area contributed by atoms with Crippen LogP contribution < -0.4 is 15.8 Å². The van der Waals surface area contributed by atoms with Crippen LogP contribution in [0.4, 0.5) is 5.69 Å². The number of hydrogen-bond acceptors (Lipinski definition) is 4. The number of unbranched alkanes of at least 4 members (excludes halogenated alkanes) is 1. The maximum absolute atomic E-state index is 12.0. The maximum atomic E-state index is 12.0. The lowest BCUT2D eigenvalue weighted by atomic mass is 10.0. The molecule has 6 heteroatoms. The molecule has 2 rings (SSSR count). The molecule has 5 nitrogen and oxygen atoms in total. The number of nitrogens with one attached hydrogen (secondary N) is 2. The van der Waals surface area contributed by atoms with Crippen molar-refractivity contribution >= 4 is 29.3 Å². The van der Waals surface area contributed by atoms with E-state index in [4.69, 9.17) is 0 Å². The molecule has 0 radical (unpaired) electrons. The number of hydrogen-bond donors (Lipinski definition) is 2. The number of carbonyl (C=O) groups is 2. The van der Waals surface area contributed by atoms with Crippen LogP contribution in [-0.2, 0) is 16.0 Å². The fourth-order valence-electron chi connectivity index (χ4n) is 2.58. The molecular formula is C17H25N3O2S. The summed E-state index contributed by atoms with van der Waals surface area (Å²) in [6.07, 6.45) is 4.34. The van der Waals surface area contributed by atoms with E-state index in [1.54, 1.807) is 11.8 Å². The van der Waals surface area contributed by atoms with E-state index in [1.165, 1.54) is 5.56 Å². The Labute approximate surface area is 142 Å². The molecule has 0 saturated heterocycles. The molecule has 23 heavy (non-hydrogen) atoms. The molecule has 1 aromatic rings. The van der Waals surface area contributed by atoms with Gasteiger partial charge in [0.25, 0.3) is 5.91 Å². The van der Waals surface area contributed by atoms with Crippen molar-refractivity contribution in [1.82, 2.24) is 10.9 Å². The van der Waals surface area contributed by atoms with Gasteiger partial charge in [0.2, 0.25) is 5.91 Å². The second-order valence-electron chi connectivity index (χ2n) is 5.66. The Hall–Kier alpha value is -1.69. The van der Waals surface area contributed by atoms with Gasteiger partial charge in [-0.15, -0.1) is 0 Å². The molecule has 0 bridgehead atoms. The normalized spacial score (nSPS) is 13.3. The van der Waals surface area contributed by atoms with E-state index in [2.05, 4.69) is 28.7 Å². The van der Waals surface area contributed by atoms with Crippen LogP contribution in [-0.4, -0.2) is 36.4 Å². The number of carbonyl (C=O) groups excluding carboxylic acids is 2. The standard InChI is InChI=1S/C17H25N3O2S/c1-2-3-11-23-13-17(22)19-18-16(21)12-20-10-6-8-14-7-4-5-9-15(14)20/h4-5,7,9H,2-3,6,8,10-13H2,1H3,(H,18,21)(H,19,22). The van der Waals surface area contributed by atoms with Crippen LogP contribution in [0.2, 0.25) is 0 Å². The van der Waals surface area contributed by atoms with Crippen LogP contribution in [0, 0.1) is 0 Å².